The molecule has 0 aromatic carbocycles. The van der Waals surface area contributed by atoms with Crippen LogP contribution in [0.25, 0.3) is 0 Å². The summed E-state index contributed by atoms with van der Waals surface area (Å²) in [5, 5.41) is 2.61. The van der Waals surface area contributed by atoms with Crippen LogP contribution in [0.4, 0.5) is 0 Å². The molecule has 13 heavy (non-hydrogen) atoms. The molecule has 0 aromatic rings. The number of carbonyl (C=O) groups excluding carboxylic acids is 1. The molecular weight excluding hydrogens is 166 g/mol. The van der Waals surface area contributed by atoms with E-state index in [9.17, 15) is 4.79 Å². The third-order valence-corrected chi connectivity index (χ3v) is 1.58. The first-order valence-corrected chi connectivity index (χ1v) is 4.26. The summed E-state index contributed by atoms with van der Waals surface area (Å²) in [7, 11) is 0. The highest BCUT2D eigenvalue weighted by atomic mass is 16.5. The number of amides is 1. The van der Waals surface area contributed by atoms with Gasteiger partial charge in [-0.15, -0.1) is 0 Å². The lowest BCUT2D eigenvalue weighted by Gasteiger charge is -2.13. The van der Waals surface area contributed by atoms with Gasteiger partial charge in [0.1, 0.15) is 6.10 Å². The monoisotopic (exact) mass is 183 g/mol. The Kier molecular flexibility index (Phi) is 5.07. The largest absolute Gasteiger partial charge is 0.369 e. The molecule has 0 spiro atoms. The summed E-state index contributed by atoms with van der Waals surface area (Å²) in [6, 6.07) is 0. The summed E-state index contributed by atoms with van der Waals surface area (Å²) in [4.78, 5) is 11.3. The molecule has 1 unspecified atom stereocenters. The zero-order chi connectivity index (χ0) is 10.4. The second kappa shape index (κ2) is 5.54. The van der Waals surface area contributed by atoms with Gasteiger partial charge in [-0.05, 0) is 26.3 Å². The van der Waals surface area contributed by atoms with Crippen molar-refractivity contribution in [3.63, 3.8) is 0 Å². The van der Waals surface area contributed by atoms with Crippen molar-refractivity contribution in [2.75, 3.05) is 6.61 Å². The predicted molar refractivity (Wildman–Crippen MR) is 53.2 cm³/mol. The second-order valence-electron chi connectivity index (χ2n) is 2.85. The maximum Gasteiger partial charge on any atom is 0.253 e. The van der Waals surface area contributed by atoms with E-state index in [2.05, 4.69) is 18.5 Å². The Balaban J connectivity index is 4.00. The van der Waals surface area contributed by atoms with Crippen molar-refractivity contribution < 1.29 is 9.53 Å². The first-order chi connectivity index (χ1) is 5.99. The van der Waals surface area contributed by atoms with Gasteiger partial charge < -0.3 is 10.1 Å². The minimum atomic E-state index is -0.443. The zero-order valence-electron chi connectivity index (χ0n) is 8.52. The number of allylic oxidation sites excluding steroid dienone is 1. The number of rotatable bonds is 5. The third kappa shape index (κ3) is 4.48. The summed E-state index contributed by atoms with van der Waals surface area (Å²) in [5.41, 5.74) is 1.29. The third-order valence-electron chi connectivity index (χ3n) is 1.58. The van der Waals surface area contributed by atoms with Crippen LogP contribution in [0.15, 0.2) is 24.4 Å². The van der Waals surface area contributed by atoms with Crippen LogP contribution in [0.3, 0.4) is 0 Å². The van der Waals surface area contributed by atoms with Gasteiger partial charge in [0.05, 0.1) is 0 Å². The van der Waals surface area contributed by atoms with E-state index in [0.29, 0.717) is 12.3 Å². The van der Waals surface area contributed by atoms with E-state index in [0.717, 1.165) is 5.57 Å². The smallest absolute Gasteiger partial charge is 0.253 e. The Bertz CT molecular complexity index is 221. The fourth-order valence-electron chi connectivity index (χ4n) is 0.683. The van der Waals surface area contributed by atoms with E-state index < -0.39 is 6.10 Å². The SMILES string of the molecule is C=C(C)C(=C)NC(=O)C(C)OCC. The Hall–Kier alpha value is -1.09. The van der Waals surface area contributed by atoms with Crippen LogP contribution >= 0.6 is 0 Å². The topological polar surface area (TPSA) is 38.3 Å². The minimum Gasteiger partial charge on any atom is -0.369 e. The van der Waals surface area contributed by atoms with Gasteiger partial charge in [-0.2, -0.15) is 0 Å². The van der Waals surface area contributed by atoms with Gasteiger partial charge in [0.15, 0.2) is 0 Å². The van der Waals surface area contributed by atoms with Gasteiger partial charge in [-0.1, -0.05) is 13.2 Å². The molecule has 0 rings (SSSR count). The van der Waals surface area contributed by atoms with Crippen molar-refractivity contribution in [1.29, 1.82) is 0 Å². The maximum absolute atomic E-state index is 11.3. The molecule has 0 aliphatic carbocycles. The lowest BCUT2D eigenvalue weighted by molar-refractivity contribution is -0.130. The van der Waals surface area contributed by atoms with Crippen molar-refractivity contribution in [2.24, 2.45) is 0 Å². The summed E-state index contributed by atoms with van der Waals surface area (Å²) in [6.45, 7) is 13.2. The summed E-state index contributed by atoms with van der Waals surface area (Å²) < 4.78 is 5.10. The van der Waals surface area contributed by atoms with Gasteiger partial charge in [-0.3, -0.25) is 4.79 Å². The van der Waals surface area contributed by atoms with Crippen LogP contribution in [0.1, 0.15) is 20.8 Å². The Morgan fingerprint density at radius 1 is 1.54 bits per heavy atom. The molecular formula is C10H17NO2. The molecule has 0 aliphatic rings. The molecule has 0 aliphatic heterocycles. The van der Waals surface area contributed by atoms with E-state index in [1.54, 1.807) is 13.8 Å². The fourth-order valence-corrected chi connectivity index (χ4v) is 0.683. The van der Waals surface area contributed by atoms with Crippen LogP contribution in [0.5, 0.6) is 0 Å². The van der Waals surface area contributed by atoms with E-state index in [4.69, 9.17) is 4.74 Å². The van der Waals surface area contributed by atoms with Gasteiger partial charge in [0.25, 0.3) is 5.91 Å². The van der Waals surface area contributed by atoms with Crippen molar-refractivity contribution in [3.05, 3.63) is 24.4 Å². The standard InChI is InChI=1S/C10H17NO2/c1-6-13-9(5)10(12)11-8(4)7(2)3/h9H,2,4,6H2,1,3,5H3,(H,11,12). The van der Waals surface area contributed by atoms with Crippen LogP contribution in [-0.2, 0) is 9.53 Å². The fraction of sp³-hybridized carbons (Fsp3) is 0.500. The molecule has 0 saturated carbocycles. The second-order valence-corrected chi connectivity index (χ2v) is 2.85. The van der Waals surface area contributed by atoms with E-state index in [1.807, 2.05) is 6.92 Å². The molecule has 0 saturated heterocycles. The number of ether oxygens (including phenoxy) is 1. The minimum absolute atomic E-state index is 0.185. The molecule has 74 valence electrons. The highest BCUT2D eigenvalue weighted by Gasteiger charge is 2.12. The van der Waals surface area contributed by atoms with Gasteiger partial charge in [0.2, 0.25) is 0 Å². The van der Waals surface area contributed by atoms with Crippen LogP contribution < -0.4 is 5.32 Å². The Morgan fingerprint density at radius 2 is 2.08 bits per heavy atom. The molecule has 0 heterocycles. The molecule has 1 amide bonds. The highest BCUT2D eigenvalue weighted by Crippen LogP contribution is 2.00. The normalized spacial score (nSPS) is 11.9. The lowest BCUT2D eigenvalue weighted by atomic mass is 10.2. The molecule has 0 bridgehead atoms. The average molecular weight is 183 g/mol. The van der Waals surface area contributed by atoms with Crippen molar-refractivity contribution in [3.8, 4) is 0 Å². The van der Waals surface area contributed by atoms with Crippen LogP contribution in [0.2, 0.25) is 0 Å². The van der Waals surface area contributed by atoms with E-state index in [1.165, 1.54) is 0 Å². The molecule has 1 atom stereocenters. The quantitative estimate of drug-likeness (QED) is 0.658. The number of carbonyl (C=O) groups is 1. The predicted octanol–water partition coefficient (Wildman–Crippen LogP) is 1.62. The van der Waals surface area contributed by atoms with Crippen molar-refractivity contribution >= 4 is 5.91 Å². The molecule has 1 N–H and O–H groups in total. The summed E-state index contributed by atoms with van der Waals surface area (Å²) in [6.07, 6.45) is -0.443. The molecule has 3 heteroatoms. The first kappa shape index (κ1) is 11.9. The van der Waals surface area contributed by atoms with Gasteiger partial charge in [0, 0.05) is 12.3 Å². The Morgan fingerprint density at radius 3 is 2.46 bits per heavy atom. The van der Waals surface area contributed by atoms with Gasteiger partial charge >= 0.3 is 0 Å². The number of hydrogen-bond donors (Lipinski definition) is 1. The van der Waals surface area contributed by atoms with Crippen LogP contribution in [0, 0.1) is 0 Å². The van der Waals surface area contributed by atoms with E-state index in [-0.39, 0.29) is 5.91 Å². The molecule has 0 aromatic heterocycles. The maximum atomic E-state index is 11.3. The zero-order valence-corrected chi connectivity index (χ0v) is 8.52. The molecule has 0 radical (unpaired) electrons. The number of nitrogens with one attached hydrogen (secondary N) is 1. The van der Waals surface area contributed by atoms with Gasteiger partial charge in [-0.25, -0.2) is 0 Å². The van der Waals surface area contributed by atoms with Crippen molar-refractivity contribution in [1.82, 2.24) is 5.32 Å². The number of hydrogen-bond acceptors (Lipinski definition) is 2. The molecule has 3 nitrogen and oxygen atoms in total. The van der Waals surface area contributed by atoms with E-state index >= 15 is 0 Å². The first-order valence-electron chi connectivity index (χ1n) is 4.26. The molecule has 0 fully saturated rings. The lowest BCUT2D eigenvalue weighted by Crippen LogP contribution is -2.33. The summed E-state index contributed by atoms with van der Waals surface area (Å²) >= 11 is 0. The highest BCUT2D eigenvalue weighted by molar-refractivity contribution is 5.82. The van der Waals surface area contributed by atoms with Crippen LogP contribution in [-0.4, -0.2) is 18.6 Å². The summed E-state index contributed by atoms with van der Waals surface area (Å²) in [5.74, 6) is -0.185. The Labute approximate surface area is 79.5 Å². The average Bonchev–Trinajstić information content (AvgIpc) is 2.04. The van der Waals surface area contributed by atoms with Crippen molar-refractivity contribution in [2.45, 2.75) is 26.9 Å².